The van der Waals surface area contributed by atoms with E-state index in [1.165, 1.54) is 7.11 Å². The number of rotatable bonds is 7. The van der Waals surface area contributed by atoms with Crippen LogP contribution in [0.1, 0.15) is 37.0 Å². The molecule has 1 saturated heterocycles. The van der Waals surface area contributed by atoms with Gasteiger partial charge in [0.1, 0.15) is 11.9 Å². The van der Waals surface area contributed by atoms with Crippen LogP contribution in [0, 0.1) is 11.8 Å². The van der Waals surface area contributed by atoms with E-state index in [1.807, 2.05) is 18.7 Å². The Labute approximate surface area is 172 Å². The molecular weight excluding hydrogens is 372 g/mol. The molecule has 0 aromatic heterocycles. The number of nitrogens with zero attached hydrogens (tertiary/aromatic N) is 2. The highest BCUT2D eigenvalue weighted by Gasteiger charge is 2.43. The standard InChI is InChI=1S/C22H32N2O5/c1-4-24(5-2)21(26)14-23-12-16-10-19(25)20(11-17(16)13-23)29-18-8-6-15(7-9-18)22(27)28-3/h6-9,16-17,19-20,25H,4-5,10-14H2,1-3H3/t16-,17+,19-,20-/m0/s1. The SMILES string of the molecule is CCN(CC)C(=O)CN1C[C@H]2C[C@H](Oc3ccc(C(=O)OC)cc3)[C@@H](O)C[C@H]2C1. The summed E-state index contributed by atoms with van der Waals surface area (Å²) in [5.74, 6) is 1.24. The van der Waals surface area contributed by atoms with Gasteiger partial charge >= 0.3 is 5.97 Å². The zero-order valence-electron chi connectivity index (χ0n) is 17.5. The van der Waals surface area contributed by atoms with Gasteiger partial charge in [0.25, 0.3) is 0 Å². The van der Waals surface area contributed by atoms with Crippen molar-refractivity contribution in [3.05, 3.63) is 29.8 Å². The Balaban J connectivity index is 1.56. The molecule has 1 aliphatic heterocycles. The molecule has 3 rings (SSSR count). The van der Waals surface area contributed by atoms with Crippen LogP contribution in [0.25, 0.3) is 0 Å². The van der Waals surface area contributed by atoms with Gasteiger partial charge in [-0.25, -0.2) is 4.79 Å². The molecule has 2 aliphatic rings. The minimum absolute atomic E-state index is 0.174. The highest BCUT2D eigenvalue weighted by atomic mass is 16.5. The van der Waals surface area contributed by atoms with Crippen molar-refractivity contribution < 1.29 is 24.2 Å². The van der Waals surface area contributed by atoms with E-state index in [-0.39, 0.29) is 18.0 Å². The fourth-order valence-electron chi connectivity index (χ4n) is 4.57. The molecule has 1 heterocycles. The molecule has 2 fully saturated rings. The fraction of sp³-hybridized carbons (Fsp3) is 0.636. The molecule has 1 amide bonds. The van der Waals surface area contributed by atoms with Crippen LogP contribution in [-0.2, 0) is 9.53 Å². The Morgan fingerprint density at radius 2 is 1.72 bits per heavy atom. The first-order chi connectivity index (χ1) is 13.9. The third-order valence-electron chi connectivity index (χ3n) is 6.20. The van der Waals surface area contributed by atoms with E-state index < -0.39 is 6.10 Å². The van der Waals surface area contributed by atoms with E-state index in [9.17, 15) is 14.7 Å². The zero-order chi connectivity index (χ0) is 21.0. The Morgan fingerprint density at radius 3 is 2.31 bits per heavy atom. The Hall–Kier alpha value is -2.12. The number of methoxy groups -OCH3 is 1. The lowest BCUT2D eigenvalue weighted by Gasteiger charge is -2.35. The molecule has 1 saturated carbocycles. The van der Waals surface area contributed by atoms with E-state index in [2.05, 4.69) is 4.90 Å². The van der Waals surface area contributed by atoms with E-state index in [4.69, 9.17) is 9.47 Å². The van der Waals surface area contributed by atoms with E-state index >= 15 is 0 Å². The zero-order valence-corrected chi connectivity index (χ0v) is 17.5. The van der Waals surface area contributed by atoms with Crippen molar-refractivity contribution in [2.24, 2.45) is 11.8 Å². The average molecular weight is 405 g/mol. The second-order valence-corrected chi connectivity index (χ2v) is 7.99. The number of benzene rings is 1. The van der Waals surface area contributed by atoms with Gasteiger partial charge in [-0.15, -0.1) is 0 Å². The number of amides is 1. The Bertz CT molecular complexity index is 704. The summed E-state index contributed by atoms with van der Waals surface area (Å²) in [6.45, 7) is 7.65. The van der Waals surface area contributed by atoms with E-state index in [0.717, 1.165) is 32.6 Å². The lowest BCUT2D eigenvalue weighted by atomic mass is 9.78. The number of ether oxygens (including phenoxy) is 2. The first-order valence-electron chi connectivity index (χ1n) is 10.5. The summed E-state index contributed by atoms with van der Waals surface area (Å²) in [7, 11) is 1.35. The number of fused-ring (bicyclic) bond motifs is 1. The molecular formula is C22H32N2O5. The number of esters is 1. The van der Waals surface area contributed by atoms with Crippen molar-refractivity contribution in [2.45, 2.75) is 38.9 Å². The maximum atomic E-state index is 12.4. The van der Waals surface area contributed by atoms with Gasteiger partial charge in [0.15, 0.2) is 0 Å². The number of aliphatic hydroxyl groups is 1. The second-order valence-electron chi connectivity index (χ2n) is 7.99. The summed E-state index contributed by atoms with van der Waals surface area (Å²) in [6.07, 6.45) is 0.639. The number of hydrogen-bond donors (Lipinski definition) is 1. The van der Waals surface area contributed by atoms with Crippen LogP contribution in [-0.4, -0.2) is 78.8 Å². The van der Waals surface area contributed by atoms with Gasteiger partial charge in [-0.05, 0) is 62.8 Å². The van der Waals surface area contributed by atoms with Crippen LogP contribution in [0.2, 0.25) is 0 Å². The molecule has 1 aromatic carbocycles. The van der Waals surface area contributed by atoms with Crippen LogP contribution in [0.5, 0.6) is 5.75 Å². The minimum Gasteiger partial charge on any atom is -0.488 e. The molecule has 160 valence electrons. The van der Waals surface area contributed by atoms with Crippen LogP contribution < -0.4 is 4.74 Å². The summed E-state index contributed by atoms with van der Waals surface area (Å²) < 4.78 is 10.7. The van der Waals surface area contributed by atoms with Gasteiger partial charge in [-0.2, -0.15) is 0 Å². The molecule has 1 aromatic rings. The number of carbonyl (C=O) groups excluding carboxylic acids is 2. The molecule has 7 nitrogen and oxygen atoms in total. The number of hydrogen-bond acceptors (Lipinski definition) is 6. The van der Waals surface area contributed by atoms with Gasteiger partial charge in [0, 0.05) is 26.2 Å². The van der Waals surface area contributed by atoms with Crippen molar-refractivity contribution in [2.75, 3.05) is 39.8 Å². The molecule has 0 radical (unpaired) electrons. The fourth-order valence-corrected chi connectivity index (χ4v) is 4.57. The molecule has 7 heteroatoms. The first-order valence-corrected chi connectivity index (χ1v) is 10.5. The lowest BCUT2D eigenvalue weighted by Crippen LogP contribution is -2.42. The van der Waals surface area contributed by atoms with Crippen molar-refractivity contribution in [1.29, 1.82) is 0 Å². The third kappa shape index (κ3) is 5.08. The van der Waals surface area contributed by atoms with Crippen LogP contribution >= 0.6 is 0 Å². The number of likely N-dealkylation sites (N-methyl/N-ethyl adjacent to an activating group) is 1. The van der Waals surface area contributed by atoms with Gasteiger partial charge in [0.05, 0.1) is 25.3 Å². The predicted molar refractivity (Wildman–Crippen MR) is 109 cm³/mol. The molecule has 1 aliphatic carbocycles. The van der Waals surface area contributed by atoms with Crippen molar-refractivity contribution >= 4 is 11.9 Å². The van der Waals surface area contributed by atoms with Crippen LogP contribution in [0.3, 0.4) is 0 Å². The number of aliphatic hydroxyl groups excluding tert-OH is 1. The van der Waals surface area contributed by atoms with E-state index in [0.29, 0.717) is 36.1 Å². The predicted octanol–water partition coefficient (Wildman–Crippen LogP) is 1.79. The average Bonchev–Trinajstić information content (AvgIpc) is 3.09. The monoisotopic (exact) mass is 404 g/mol. The van der Waals surface area contributed by atoms with Crippen molar-refractivity contribution in [1.82, 2.24) is 9.80 Å². The van der Waals surface area contributed by atoms with E-state index in [1.54, 1.807) is 24.3 Å². The summed E-state index contributed by atoms with van der Waals surface area (Å²) in [5, 5.41) is 10.6. The van der Waals surface area contributed by atoms with Crippen LogP contribution in [0.4, 0.5) is 0 Å². The number of likely N-dealkylation sites (tertiary alicyclic amines) is 1. The summed E-state index contributed by atoms with van der Waals surface area (Å²) >= 11 is 0. The molecule has 0 unspecified atom stereocenters. The van der Waals surface area contributed by atoms with Gasteiger partial charge in [-0.1, -0.05) is 0 Å². The molecule has 1 N–H and O–H groups in total. The van der Waals surface area contributed by atoms with Gasteiger partial charge in [-0.3, -0.25) is 9.69 Å². The highest BCUT2D eigenvalue weighted by Crippen LogP contribution is 2.38. The summed E-state index contributed by atoms with van der Waals surface area (Å²) in [5.41, 5.74) is 0.466. The number of carbonyl (C=O) groups is 2. The van der Waals surface area contributed by atoms with Crippen molar-refractivity contribution in [3.8, 4) is 5.75 Å². The molecule has 29 heavy (non-hydrogen) atoms. The summed E-state index contributed by atoms with van der Waals surface area (Å²) in [6, 6.07) is 6.79. The van der Waals surface area contributed by atoms with Gasteiger partial charge < -0.3 is 19.5 Å². The lowest BCUT2D eigenvalue weighted by molar-refractivity contribution is -0.131. The van der Waals surface area contributed by atoms with Crippen LogP contribution in [0.15, 0.2) is 24.3 Å². The molecule has 0 spiro atoms. The largest absolute Gasteiger partial charge is 0.488 e. The summed E-state index contributed by atoms with van der Waals surface area (Å²) in [4.78, 5) is 28.0. The third-order valence-corrected chi connectivity index (χ3v) is 6.20. The minimum atomic E-state index is -0.532. The highest BCUT2D eigenvalue weighted by molar-refractivity contribution is 5.89. The molecule has 0 bridgehead atoms. The Morgan fingerprint density at radius 1 is 1.10 bits per heavy atom. The van der Waals surface area contributed by atoms with Crippen molar-refractivity contribution in [3.63, 3.8) is 0 Å². The topological polar surface area (TPSA) is 79.3 Å². The maximum absolute atomic E-state index is 12.4. The normalized spacial score (nSPS) is 26.6. The molecule has 4 atom stereocenters. The maximum Gasteiger partial charge on any atom is 0.337 e. The van der Waals surface area contributed by atoms with Gasteiger partial charge in [0.2, 0.25) is 5.91 Å². The first kappa shape index (κ1) is 21.6. The smallest absolute Gasteiger partial charge is 0.337 e. The quantitative estimate of drug-likeness (QED) is 0.698. The Kier molecular flexibility index (Phi) is 7.14. The second kappa shape index (κ2) is 9.59.